The number of nitrogens with zero attached hydrogens (tertiary/aromatic N) is 1. The van der Waals surface area contributed by atoms with Gasteiger partial charge in [0.15, 0.2) is 0 Å². The van der Waals surface area contributed by atoms with E-state index in [1.165, 1.54) is 0 Å². The van der Waals surface area contributed by atoms with Crippen molar-refractivity contribution in [3.63, 3.8) is 0 Å². The molecule has 0 radical (unpaired) electrons. The number of thiol groups is 1. The molecule has 2 unspecified atom stereocenters. The number of carbonyl (C=O) groups is 3. The summed E-state index contributed by atoms with van der Waals surface area (Å²) < 4.78 is 5.22. The second-order valence-electron chi connectivity index (χ2n) is 9.09. The molecule has 7 nitrogen and oxygen atoms in total. The maximum absolute atomic E-state index is 13.3. The van der Waals surface area contributed by atoms with Crippen molar-refractivity contribution >= 4 is 30.5 Å². The largest absolute Gasteiger partial charge is 0.444 e. The van der Waals surface area contributed by atoms with Crippen molar-refractivity contribution in [2.45, 2.75) is 64.8 Å². The Morgan fingerprint density at radius 3 is 2.19 bits per heavy atom. The van der Waals surface area contributed by atoms with E-state index in [9.17, 15) is 14.4 Å². The number of amides is 3. The summed E-state index contributed by atoms with van der Waals surface area (Å²) in [5.74, 6) is 1.24. The van der Waals surface area contributed by atoms with Crippen LogP contribution in [0.1, 0.15) is 58.7 Å². The number of ether oxygens (including phenoxy) is 1. The van der Waals surface area contributed by atoms with Crippen LogP contribution in [0.4, 0.5) is 4.79 Å². The van der Waals surface area contributed by atoms with E-state index >= 15 is 0 Å². The number of benzene rings is 1. The predicted molar refractivity (Wildman–Crippen MR) is 128 cm³/mol. The normalized spacial score (nSPS) is 13.0. The summed E-state index contributed by atoms with van der Waals surface area (Å²) in [5.41, 5.74) is -0.557. The Morgan fingerprint density at radius 2 is 1.72 bits per heavy atom. The monoisotopic (exact) mass is 457 g/mol. The van der Waals surface area contributed by atoms with Gasteiger partial charge in [-0.05, 0) is 47.6 Å². The topological polar surface area (TPSA) is 87.7 Å². The number of terminal acetylenes is 2. The van der Waals surface area contributed by atoms with Gasteiger partial charge in [0.1, 0.15) is 17.7 Å². The van der Waals surface area contributed by atoms with Gasteiger partial charge < -0.3 is 15.4 Å². The fraction of sp³-hybridized carbons (Fsp3) is 0.458. The van der Waals surface area contributed by atoms with Crippen LogP contribution in [-0.2, 0) is 14.3 Å². The number of hydrogen-bond acceptors (Lipinski definition) is 5. The fourth-order valence-electron chi connectivity index (χ4n) is 2.77. The Labute approximate surface area is 196 Å². The Kier molecular flexibility index (Phi) is 9.23. The van der Waals surface area contributed by atoms with E-state index in [0.29, 0.717) is 11.1 Å². The van der Waals surface area contributed by atoms with Crippen molar-refractivity contribution in [1.82, 2.24) is 15.5 Å². The maximum atomic E-state index is 13.3. The molecule has 0 fully saturated rings. The highest BCUT2D eigenvalue weighted by Gasteiger charge is 2.37. The molecule has 0 aromatic heterocycles. The zero-order valence-electron chi connectivity index (χ0n) is 19.4. The molecule has 172 valence electrons. The van der Waals surface area contributed by atoms with Crippen molar-refractivity contribution in [2.75, 3.05) is 5.75 Å². The first-order chi connectivity index (χ1) is 14.7. The highest BCUT2D eigenvalue weighted by molar-refractivity contribution is 7.80. The van der Waals surface area contributed by atoms with Gasteiger partial charge in [-0.2, -0.15) is 12.6 Å². The Morgan fingerprint density at radius 1 is 1.12 bits per heavy atom. The lowest BCUT2D eigenvalue weighted by atomic mass is 9.97. The molecule has 0 saturated carbocycles. The van der Waals surface area contributed by atoms with E-state index in [1.807, 2.05) is 0 Å². The Balaban J connectivity index is 3.40. The summed E-state index contributed by atoms with van der Waals surface area (Å²) in [6.07, 6.45) is 10.5. The van der Waals surface area contributed by atoms with Gasteiger partial charge in [0, 0.05) is 28.5 Å². The van der Waals surface area contributed by atoms with Gasteiger partial charge in [0.05, 0.1) is 0 Å². The summed E-state index contributed by atoms with van der Waals surface area (Å²) in [4.78, 5) is 39.7. The zero-order valence-corrected chi connectivity index (χ0v) is 20.2. The second kappa shape index (κ2) is 11.0. The van der Waals surface area contributed by atoms with Crippen molar-refractivity contribution < 1.29 is 19.1 Å². The van der Waals surface area contributed by atoms with E-state index in [4.69, 9.17) is 17.6 Å². The molecule has 1 aromatic carbocycles. The quantitative estimate of drug-likeness (QED) is 0.348. The lowest BCUT2D eigenvalue weighted by Gasteiger charge is -2.32. The molecule has 0 bridgehead atoms. The first-order valence-electron chi connectivity index (χ1n) is 10.0. The van der Waals surface area contributed by atoms with Crippen molar-refractivity contribution in [2.24, 2.45) is 0 Å². The lowest BCUT2D eigenvalue weighted by Crippen LogP contribution is -2.54. The molecule has 1 aromatic rings. The average Bonchev–Trinajstić information content (AvgIpc) is 2.66. The average molecular weight is 458 g/mol. The number of alkyl carbamates (subject to hydrolysis) is 1. The van der Waals surface area contributed by atoms with Crippen LogP contribution in [0.2, 0.25) is 0 Å². The minimum Gasteiger partial charge on any atom is -0.444 e. The molecule has 2 atom stereocenters. The van der Waals surface area contributed by atoms with Crippen molar-refractivity contribution in [1.29, 1.82) is 0 Å². The highest BCUT2D eigenvalue weighted by Crippen LogP contribution is 2.26. The molecular weight excluding hydrogens is 426 g/mol. The van der Waals surface area contributed by atoms with Gasteiger partial charge in [0.25, 0.3) is 5.91 Å². The number of carbonyl (C=O) groups excluding carboxylic acids is 3. The molecule has 0 saturated heterocycles. The maximum Gasteiger partial charge on any atom is 0.408 e. The molecule has 0 spiro atoms. The van der Waals surface area contributed by atoms with Crippen LogP contribution in [-0.4, -0.2) is 45.7 Å². The van der Waals surface area contributed by atoms with Crippen LogP contribution in [0.15, 0.2) is 24.3 Å². The molecule has 2 N–H and O–H groups in total. The minimum absolute atomic E-state index is 0.0688. The molecule has 3 amide bonds. The van der Waals surface area contributed by atoms with Gasteiger partial charge in [-0.1, -0.05) is 30.5 Å². The third-order valence-electron chi connectivity index (χ3n) is 3.96. The molecule has 0 aliphatic carbocycles. The standard InChI is InChI=1S/C24H31N3O4S/c1-9-16-13-11-12-14-17(16)19(20(28)26-23(3,4)5)27(10-2)21(29)18(15-32)25-22(30)31-24(6,7)8/h1-2,11-14,18-19,32H,15H2,3-8H3,(H,25,30)(H,26,28). The fourth-order valence-corrected chi connectivity index (χ4v) is 3.02. The van der Waals surface area contributed by atoms with Crippen LogP contribution >= 0.6 is 12.6 Å². The van der Waals surface area contributed by atoms with E-state index in [2.05, 4.69) is 35.2 Å². The minimum atomic E-state index is -1.22. The van der Waals surface area contributed by atoms with Crippen LogP contribution in [0.5, 0.6) is 0 Å². The van der Waals surface area contributed by atoms with E-state index in [-0.39, 0.29) is 5.75 Å². The first kappa shape index (κ1) is 26.9. The highest BCUT2D eigenvalue weighted by atomic mass is 32.1. The number of nitrogens with one attached hydrogen (secondary N) is 2. The van der Waals surface area contributed by atoms with E-state index in [1.54, 1.807) is 65.8 Å². The van der Waals surface area contributed by atoms with Crippen molar-refractivity contribution in [3.8, 4) is 24.8 Å². The first-order valence-corrected chi connectivity index (χ1v) is 10.6. The molecule has 1 rings (SSSR count). The number of rotatable bonds is 6. The van der Waals surface area contributed by atoms with Crippen LogP contribution < -0.4 is 10.6 Å². The molecule has 0 aliphatic heterocycles. The summed E-state index contributed by atoms with van der Waals surface area (Å²) >= 11 is 4.17. The van der Waals surface area contributed by atoms with E-state index < -0.39 is 41.1 Å². The van der Waals surface area contributed by atoms with Crippen LogP contribution in [0.25, 0.3) is 0 Å². The molecule has 0 heterocycles. The van der Waals surface area contributed by atoms with Crippen LogP contribution in [0.3, 0.4) is 0 Å². The number of hydrogen-bond donors (Lipinski definition) is 3. The van der Waals surface area contributed by atoms with Gasteiger partial charge in [-0.25, -0.2) is 4.79 Å². The third kappa shape index (κ3) is 7.86. The van der Waals surface area contributed by atoms with Gasteiger partial charge in [-0.3, -0.25) is 14.5 Å². The smallest absolute Gasteiger partial charge is 0.408 e. The molecule has 0 aliphatic rings. The summed E-state index contributed by atoms with van der Waals surface area (Å²) in [6, 6.07) is 6.64. The third-order valence-corrected chi connectivity index (χ3v) is 4.33. The van der Waals surface area contributed by atoms with Gasteiger partial charge in [0.2, 0.25) is 5.91 Å². The van der Waals surface area contributed by atoms with Gasteiger partial charge in [-0.15, -0.1) is 6.42 Å². The summed E-state index contributed by atoms with van der Waals surface area (Å²) in [7, 11) is 0. The summed E-state index contributed by atoms with van der Waals surface area (Å²) in [5, 5.41) is 5.30. The summed E-state index contributed by atoms with van der Waals surface area (Å²) in [6.45, 7) is 10.5. The Bertz CT molecular complexity index is 932. The lowest BCUT2D eigenvalue weighted by molar-refractivity contribution is -0.138. The van der Waals surface area contributed by atoms with E-state index in [0.717, 1.165) is 4.90 Å². The SMILES string of the molecule is C#Cc1ccccc1C(C(=O)NC(C)(C)C)N(C#C)C(=O)C(CS)NC(=O)OC(C)(C)C. The van der Waals surface area contributed by atoms with Gasteiger partial charge >= 0.3 is 6.09 Å². The Hall–Kier alpha value is -3.10. The predicted octanol–water partition coefficient (Wildman–Crippen LogP) is 2.87. The molecule has 32 heavy (non-hydrogen) atoms. The molecular formula is C24H31N3O4S. The van der Waals surface area contributed by atoms with Crippen LogP contribution in [0, 0.1) is 24.8 Å². The van der Waals surface area contributed by atoms with Crippen molar-refractivity contribution in [3.05, 3.63) is 35.4 Å². The second-order valence-corrected chi connectivity index (χ2v) is 9.46. The molecule has 8 heteroatoms. The zero-order chi connectivity index (χ0) is 24.7.